The molecule has 0 aliphatic carbocycles. The molecule has 0 amide bonds. The average Bonchev–Trinajstić information content (AvgIpc) is 2.73. The molecule has 2 nitrogen and oxygen atoms in total. The Bertz CT molecular complexity index is 675. The Balaban J connectivity index is 2.21. The summed E-state index contributed by atoms with van der Waals surface area (Å²) in [5, 5.41) is 0.525. The highest BCUT2D eigenvalue weighted by Gasteiger charge is 2.09. The minimum absolute atomic E-state index is 0.266. The number of halogens is 2. The Morgan fingerprint density at radius 3 is 2.71 bits per heavy atom. The van der Waals surface area contributed by atoms with Crippen LogP contribution < -0.4 is 0 Å². The highest BCUT2D eigenvalue weighted by Crippen LogP contribution is 2.30. The monoisotopic (exact) mass is 247 g/mol. The molecular formula is C13H7ClFNO. The largest absolute Gasteiger partial charge is 0.462 e. The normalized spacial score (nSPS) is 10.9. The maximum atomic E-state index is 12.8. The Morgan fingerprint density at radius 1 is 1.18 bits per heavy atom. The van der Waals surface area contributed by atoms with E-state index in [1.807, 2.05) is 0 Å². The highest BCUT2D eigenvalue weighted by atomic mass is 35.5. The van der Waals surface area contributed by atoms with Gasteiger partial charge in [-0.05, 0) is 17.7 Å². The molecule has 0 radical (unpaired) electrons. The third-order valence-electron chi connectivity index (χ3n) is 2.53. The first kappa shape index (κ1) is 10.3. The van der Waals surface area contributed by atoms with Crippen LogP contribution >= 0.6 is 11.6 Å². The molecule has 0 aliphatic rings. The van der Waals surface area contributed by atoms with E-state index < -0.39 is 0 Å². The zero-order valence-corrected chi connectivity index (χ0v) is 9.41. The number of pyridine rings is 1. The topological polar surface area (TPSA) is 26.0 Å². The fourth-order valence-electron chi connectivity index (χ4n) is 1.73. The van der Waals surface area contributed by atoms with Crippen LogP contribution in [0.15, 0.2) is 47.2 Å². The van der Waals surface area contributed by atoms with E-state index >= 15 is 0 Å². The summed E-state index contributed by atoms with van der Waals surface area (Å²) in [7, 11) is 0. The minimum atomic E-state index is -0.266. The Morgan fingerprint density at radius 2 is 1.94 bits per heavy atom. The fraction of sp³-hybridized carbons (Fsp3) is 0. The SMILES string of the molecule is Fc1ccc(-c2coc3cc(Cl)cnc23)cc1. The van der Waals surface area contributed by atoms with Crippen LogP contribution in [0.1, 0.15) is 0 Å². The summed E-state index contributed by atoms with van der Waals surface area (Å²) in [5.74, 6) is -0.266. The van der Waals surface area contributed by atoms with Crippen molar-refractivity contribution in [3.05, 3.63) is 53.6 Å². The van der Waals surface area contributed by atoms with Gasteiger partial charge < -0.3 is 4.42 Å². The van der Waals surface area contributed by atoms with Gasteiger partial charge >= 0.3 is 0 Å². The first-order valence-corrected chi connectivity index (χ1v) is 5.40. The zero-order chi connectivity index (χ0) is 11.8. The van der Waals surface area contributed by atoms with Gasteiger partial charge in [-0.3, -0.25) is 4.98 Å². The molecule has 0 saturated carbocycles. The van der Waals surface area contributed by atoms with E-state index in [1.54, 1.807) is 30.7 Å². The molecule has 17 heavy (non-hydrogen) atoms. The van der Waals surface area contributed by atoms with E-state index in [-0.39, 0.29) is 5.82 Å². The lowest BCUT2D eigenvalue weighted by Gasteiger charge is -1.97. The van der Waals surface area contributed by atoms with Gasteiger partial charge in [0, 0.05) is 17.8 Å². The first-order valence-electron chi connectivity index (χ1n) is 5.03. The molecule has 0 bridgehead atoms. The highest BCUT2D eigenvalue weighted by molar-refractivity contribution is 6.31. The van der Waals surface area contributed by atoms with Crippen molar-refractivity contribution in [2.24, 2.45) is 0 Å². The van der Waals surface area contributed by atoms with Crippen LogP contribution in [0.5, 0.6) is 0 Å². The standard InChI is InChI=1S/C13H7ClFNO/c14-9-5-12-13(16-6-9)11(7-17-12)8-1-3-10(15)4-2-8/h1-7H. The van der Waals surface area contributed by atoms with Gasteiger partial charge in [0.15, 0.2) is 5.58 Å². The van der Waals surface area contributed by atoms with Crippen LogP contribution in [0.25, 0.3) is 22.2 Å². The van der Waals surface area contributed by atoms with Gasteiger partial charge in [-0.25, -0.2) is 4.39 Å². The number of furan rings is 1. The summed E-state index contributed by atoms with van der Waals surface area (Å²) in [6, 6.07) is 7.90. The number of fused-ring (bicyclic) bond motifs is 1. The average molecular weight is 248 g/mol. The lowest BCUT2D eigenvalue weighted by atomic mass is 10.1. The Hall–Kier alpha value is -1.87. The van der Waals surface area contributed by atoms with E-state index in [0.717, 1.165) is 16.6 Å². The number of aromatic nitrogens is 1. The molecule has 0 aliphatic heterocycles. The van der Waals surface area contributed by atoms with Crippen LogP contribution in [0.3, 0.4) is 0 Å². The number of hydrogen-bond donors (Lipinski definition) is 0. The van der Waals surface area contributed by atoms with Crippen LogP contribution in [0, 0.1) is 5.82 Å². The summed E-state index contributed by atoms with van der Waals surface area (Å²) in [6.45, 7) is 0. The second-order valence-corrected chi connectivity index (χ2v) is 4.09. The Kier molecular flexibility index (Phi) is 2.34. The summed E-state index contributed by atoms with van der Waals surface area (Å²) < 4.78 is 18.2. The molecule has 2 aromatic heterocycles. The molecule has 0 unspecified atom stereocenters. The van der Waals surface area contributed by atoms with E-state index in [1.165, 1.54) is 12.1 Å². The van der Waals surface area contributed by atoms with Gasteiger partial charge in [-0.2, -0.15) is 0 Å². The number of nitrogens with zero attached hydrogens (tertiary/aromatic N) is 1. The lowest BCUT2D eigenvalue weighted by Crippen LogP contribution is -1.79. The van der Waals surface area contributed by atoms with Crippen LogP contribution in [0.4, 0.5) is 4.39 Å². The summed E-state index contributed by atoms with van der Waals surface area (Å²) in [5.41, 5.74) is 3.04. The number of rotatable bonds is 1. The van der Waals surface area contributed by atoms with Gasteiger partial charge in [0.1, 0.15) is 17.6 Å². The third kappa shape index (κ3) is 1.78. The van der Waals surface area contributed by atoms with Crippen molar-refractivity contribution in [3.8, 4) is 11.1 Å². The number of hydrogen-bond acceptors (Lipinski definition) is 2. The van der Waals surface area contributed by atoms with Crippen molar-refractivity contribution >= 4 is 22.7 Å². The van der Waals surface area contributed by atoms with E-state index in [9.17, 15) is 4.39 Å². The predicted molar refractivity (Wildman–Crippen MR) is 64.4 cm³/mol. The van der Waals surface area contributed by atoms with Crippen molar-refractivity contribution in [3.63, 3.8) is 0 Å². The van der Waals surface area contributed by atoms with E-state index in [2.05, 4.69) is 4.98 Å². The van der Waals surface area contributed by atoms with Crippen LogP contribution in [-0.2, 0) is 0 Å². The molecule has 4 heteroatoms. The first-order chi connectivity index (χ1) is 8.24. The van der Waals surface area contributed by atoms with Gasteiger partial charge in [0.05, 0.1) is 5.02 Å². The van der Waals surface area contributed by atoms with Crippen molar-refractivity contribution < 1.29 is 8.81 Å². The second kappa shape index (κ2) is 3.86. The van der Waals surface area contributed by atoms with Gasteiger partial charge in [-0.1, -0.05) is 23.7 Å². The third-order valence-corrected chi connectivity index (χ3v) is 2.74. The molecule has 3 rings (SSSR count). The van der Waals surface area contributed by atoms with Gasteiger partial charge in [0.25, 0.3) is 0 Å². The number of benzene rings is 1. The molecule has 0 spiro atoms. The predicted octanol–water partition coefficient (Wildman–Crippen LogP) is 4.29. The fourth-order valence-corrected chi connectivity index (χ4v) is 1.87. The molecule has 0 saturated heterocycles. The Labute approximate surface area is 102 Å². The molecule has 0 fully saturated rings. The van der Waals surface area contributed by atoms with Gasteiger partial charge in [0.2, 0.25) is 0 Å². The van der Waals surface area contributed by atoms with Crippen molar-refractivity contribution in [1.82, 2.24) is 4.98 Å². The van der Waals surface area contributed by atoms with E-state index in [0.29, 0.717) is 10.6 Å². The molecule has 3 aromatic rings. The maximum absolute atomic E-state index is 12.8. The van der Waals surface area contributed by atoms with E-state index in [4.69, 9.17) is 16.0 Å². The summed E-state index contributed by atoms with van der Waals surface area (Å²) >= 11 is 5.82. The van der Waals surface area contributed by atoms with Crippen LogP contribution in [0.2, 0.25) is 5.02 Å². The summed E-state index contributed by atoms with van der Waals surface area (Å²) in [4.78, 5) is 4.22. The van der Waals surface area contributed by atoms with Crippen LogP contribution in [-0.4, -0.2) is 4.98 Å². The molecular weight excluding hydrogens is 241 g/mol. The molecule has 2 heterocycles. The molecule has 0 atom stereocenters. The summed E-state index contributed by atoms with van der Waals surface area (Å²) in [6.07, 6.45) is 3.16. The van der Waals surface area contributed by atoms with Crippen molar-refractivity contribution in [2.75, 3.05) is 0 Å². The molecule has 84 valence electrons. The zero-order valence-electron chi connectivity index (χ0n) is 8.65. The smallest absolute Gasteiger partial charge is 0.154 e. The molecule has 0 N–H and O–H groups in total. The minimum Gasteiger partial charge on any atom is -0.462 e. The second-order valence-electron chi connectivity index (χ2n) is 3.66. The van der Waals surface area contributed by atoms with Crippen molar-refractivity contribution in [1.29, 1.82) is 0 Å². The van der Waals surface area contributed by atoms with Gasteiger partial charge in [-0.15, -0.1) is 0 Å². The maximum Gasteiger partial charge on any atom is 0.154 e. The molecule has 1 aromatic carbocycles. The van der Waals surface area contributed by atoms with Crippen molar-refractivity contribution in [2.45, 2.75) is 0 Å². The lowest BCUT2D eigenvalue weighted by molar-refractivity contribution is 0.616. The quantitative estimate of drug-likeness (QED) is 0.641.